The highest BCUT2D eigenvalue weighted by Crippen LogP contribution is 2.27. The van der Waals surface area contributed by atoms with Crippen LogP contribution in [0.3, 0.4) is 0 Å². The van der Waals surface area contributed by atoms with E-state index >= 15 is 0 Å². The van der Waals surface area contributed by atoms with Crippen molar-refractivity contribution in [2.45, 2.75) is 59.8 Å². The van der Waals surface area contributed by atoms with Crippen LogP contribution in [0.15, 0.2) is 36.5 Å². The fraction of sp³-hybridized carbons (Fsp3) is 0.591. The molecule has 0 bridgehead atoms. The lowest BCUT2D eigenvalue weighted by molar-refractivity contribution is -0.149. The Morgan fingerprint density at radius 1 is 0.679 bits per heavy atom. The maximum Gasteiger partial charge on any atom is 0.333 e. The van der Waals surface area contributed by atoms with Crippen LogP contribution in [0.25, 0.3) is 0 Å². The molecule has 0 heterocycles. The highest BCUT2D eigenvalue weighted by molar-refractivity contribution is 5.87. The lowest BCUT2D eigenvalue weighted by Gasteiger charge is -2.28. The molecule has 0 unspecified atom stereocenters. The number of hydrogen-bond acceptors (Lipinski definition) is 6. The molecule has 0 atom stereocenters. The second-order valence-electron chi connectivity index (χ2n) is 7.60. The minimum atomic E-state index is -0.497. The van der Waals surface area contributed by atoms with Crippen LogP contribution < -0.4 is 0 Å². The highest BCUT2D eigenvalue weighted by Gasteiger charge is 2.28. The molecule has 0 N–H and O–H groups in total. The molecule has 0 aliphatic rings. The highest BCUT2D eigenvalue weighted by atomic mass is 16.5. The van der Waals surface area contributed by atoms with E-state index in [-0.39, 0.29) is 19.2 Å². The number of carbonyl (C=O) groups is 3. The van der Waals surface area contributed by atoms with Gasteiger partial charge in [-0.25, -0.2) is 14.4 Å². The lowest BCUT2D eigenvalue weighted by Crippen LogP contribution is -2.32. The SMILES string of the molecule is C=C(C)C(=O)OCCCCCCC(C)(COC(=O)C(=C)C)COC(=O)C(=C)C. The zero-order valence-electron chi connectivity index (χ0n) is 17.7. The van der Waals surface area contributed by atoms with Crippen LogP contribution in [-0.4, -0.2) is 37.7 Å². The number of esters is 3. The Labute approximate surface area is 168 Å². The predicted molar refractivity (Wildman–Crippen MR) is 109 cm³/mol. The van der Waals surface area contributed by atoms with Gasteiger partial charge in [-0.1, -0.05) is 45.9 Å². The van der Waals surface area contributed by atoms with Gasteiger partial charge in [-0.2, -0.15) is 0 Å². The van der Waals surface area contributed by atoms with E-state index in [1.807, 2.05) is 6.92 Å². The van der Waals surface area contributed by atoms with Crippen molar-refractivity contribution in [3.8, 4) is 0 Å². The topological polar surface area (TPSA) is 78.9 Å². The van der Waals surface area contributed by atoms with E-state index in [1.165, 1.54) is 0 Å². The molecule has 0 radical (unpaired) electrons. The largest absolute Gasteiger partial charge is 0.462 e. The predicted octanol–water partition coefficient (Wildman–Crippen LogP) is 4.30. The van der Waals surface area contributed by atoms with Gasteiger partial charge in [0.15, 0.2) is 0 Å². The molecule has 158 valence electrons. The number of ether oxygens (including phenoxy) is 3. The summed E-state index contributed by atoms with van der Waals surface area (Å²) >= 11 is 0. The molecule has 0 saturated heterocycles. The first kappa shape index (κ1) is 25.6. The Hall–Kier alpha value is -2.37. The van der Waals surface area contributed by atoms with Crippen LogP contribution in [-0.2, 0) is 28.6 Å². The summed E-state index contributed by atoms with van der Waals surface area (Å²) < 4.78 is 15.6. The van der Waals surface area contributed by atoms with Gasteiger partial charge in [0.05, 0.1) is 6.61 Å². The fourth-order valence-corrected chi connectivity index (χ4v) is 2.21. The van der Waals surface area contributed by atoms with Gasteiger partial charge in [0.2, 0.25) is 0 Å². The molecule has 0 saturated carbocycles. The van der Waals surface area contributed by atoms with Crippen molar-refractivity contribution in [2.24, 2.45) is 5.41 Å². The van der Waals surface area contributed by atoms with Crippen molar-refractivity contribution < 1.29 is 28.6 Å². The second-order valence-corrected chi connectivity index (χ2v) is 7.60. The monoisotopic (exact) mass is 394 g/mol. The summed E-state index contributed by atoms with van der Waals surface area (Å²) in [4.78, 5) is 34.7. The third-order valence-corrected chi connectivity index (χ3v) is 4.06. The van der Waals surface area contributed by atoms with Crippen molar-refractivity contribution in [2.75, 3.05) is 19.8 Å². The van der Waals surface area contributed by atoms with Crippen LogP contribution in [0.4, 0.5) is 0 Å². The van der Waals surface area contributed by atoms with Crippen molar-refractivity contribution in [3.05, 3.63) is 36.5 Å². The van der Waals surface area contributed by atoms with Gasteiger partial charge in [0.25, 0.3) is 0 Å². The Morgan fingerprint density at radius 2 is 1.07 bits per heavy atom. The van der Waals surface area contributed by atoms with Crippen LogP contribution >= 0.6 is 0 Å². The van der Waals surface area contributed by atoms with E-state index in [0.717, 1.165) is 25.7 Å². The Kier molecular flexibility index (Phi) is 11.8. The molecule has 28 heavy (non-hydrogen) atoms. The van der Waals surface area contributed by atoms with E-state index in [4.69, 9.17) is 14.2 Å². The first-order valence-corrected chi connectivity index (χ1v) is 9.46. The summed E-state index contributed by atoms with van der Waals surface area (Å²) in [5.41, 5.74) is 0.545. The van der Waals surface area contributed by atoms with E-state index < -0.39 is 17.4 Å². The Morgan fingerprint density at radius 3 is 1.50 bits per heavy atom. The molecule has 0 rings (SSSR count). The number of hydrogen-bond donors (Lipinski definition) is 0. The number of unbranched alkanes of at least 4 members (excludes halogenated alkanes) is 3. The smallest absolute Gasteiger partial charge is 0.333 e. The molecule has 0 aromatic carbocycles. The number of rotatable bonds is 14. The Bertz CT molecular complexity index is 572. The molecule has 6 nitrogen and oxygen atoms in total. The van der Waals surface area contributed by atoms with E-state index in [2.05, 4.69) is 19.7 Å². The van der Waals surface area contributed by atoms with Crippen molar-refractivity contribution in [3.63, 3.8) is 0 Å². The normalized spacial score (nSPS) is 10.7. The summed E-state index contributed by atoms with van der Waals surface area (Å²) in [6.07, 6.45) is 4.16. The quantitative estimate of drug-likeness (QED) is 0.189. The van der Waals surface area contributed by atoms with Crippen LogP contribution in [0.1, 0.15) is 59.8 Å². The summed E-state index contributed by atoms with van der Waals surface area (Å²) in [5, 5.41) is 0. The molecule has 0 aromatic rings. The van der Waals surface area contributed by atoms with Crippen molar-refractivity contribution in [1.82, 2.24) is 0 Å². The van der Waals surface area contributed by atoms with Gasteiger partial charge in [-0.15, -0.1) is 0 Å². The minimum absolute atomic E-state index is 0.137. The van der Waals surface area contributed by atoms with E-state index in [1.54, 1.807) is 20.8 Å². The average Bonchev–Trinajstić information content (AvgIpc) is 2.62. The van der Waals surface area contributed by atoms with E-state index in [0.29, 0.717) is 29.7 Å². The zero-order valence-corrected chi connectivity index (χ0v) is 17.7. The molecular formula is C22H34O6. The lowest BCUT2D eigenvalue weighted by atomic mass is 9.86. The minimum Gasteiger partial charge on any atom is -0.462 e. The standard InChI is InChI=1S/C22H34O6/c1-16(2)19(23)26-13-11-9-8-10-12-22(7,14-27-20(24)17(3)4)15-28-21(25)18(5)6/h1,3,5,8-15H2,2,4,6-7H3. The van der Waals surface area contributed by atoms with Crippen LogP contribution in [0.5, 0.6) is 0 Å². The van der Waals surface area contributed by atoms with Gasteiger partial charge < -0.3 is 14.2 Å². The molecule has 0 aliphatic heterocycles. The van der Waals surface area contributed by atoms with Gasteiger partial charge in [0.1, 0.15) is 13.2 Å². The van der Waals surface area contributed by atoms with Gasteiger partial charge in [-0.05, 0) is 33.6 Å². The van der Waals surface area contributed by atoms with Crippen LogP contribution in [0, 0.1) is 5.41 Å². The third kappa shape index (κ3) is 11.4. The van der Waals surface area contributed by atoms with Crippen molar-refractivity contribution in [1.29, 1.82) is 0 Å². The molecule has 0 aromatic heterocycles. The molecule has 0 spiro atoms. The first-order chi connectivity index (χ1) is 13.0. The van der Waals surface area contributed by atoms with Crippen LogP contribution in [0.2, 0.25) is 0 Å². The molecule has 0 fully saturated rings. The average molecular weight is 395 g/mol. The number of carbonyl (C=O) groups excluding carboxylic acids is 3. The maximum absolute atomic E-state index is 11.7. The summed E-state index contributed by atoms with van der Waals surface area (Å²) in [6.45, 7) is 18.0. The van der Waals surface area contributed by atoms with Gasteiger partial charge in [0, 0.05) is 22.1 Å². The summed E-state index contributed by atoms with van der Waals surface area (Å²) in [5.74, 6) is -1.29. The molecular weight excluding hydrogens is 360 g/mol. The second kappa shape index (κ2) is 12.9. The van der Waals surface area contributed by atoms with Gasteiger partial charge >= 0.3 is 17.9 Å². The Balaban J connectivity index is 4.43. The summed E-state index contributed by atoms with van der Waals surface area (Å²) in [7, 11) is 0. The van der Waals surface area contributed by atoms with E-state index in [9.17, 15) is 14.4 Å². The summed E-state index contributed by atoms with van der Waals surface area (Å²) in [6, 6.07) is 0. The first-order valence-electron chi connectivity index (χ1n) is 9.46. The molecule has 0 aliphatic carbocycles. The van der Waals surface area contributed by atoms with Crippen molar-refractivity contribution >= 4 is 17.9 Å². The molecule has 6 heteroatoms. The third-order valence-electron chi connectivity index (χ3n) is 4.06. The molecule has 0 amide bonds. The maximum atomic E-state index is 11.7. The zero-order chi connectivity index (χ0) is 21.7. The van der Waals surface area contributed by atoms with Gasteiger partial charge in [-0.3, -0.25) is 0 Å². The fourth-order valence-electron chi connectivity index (χ4n) is 2.21.